The Morgan fingerprint density at radius 1 is 0.957 bits per heavy atom. The number of nitrogens with one attached hydrogen (secondary N) is 1. The predicted molar refractivity (Wildman–Crippen MR) is 255 cm³/mol. The summed E-state index contributed by atoms with van der Waals surface area (Å²) in [5, 5.41) is 23.2. The first-order valence-electron chi connectivity index (χ1n) is 25.1. The lowest BCUT2D eigenvalue weighted by atomic mass is 9.63. The number of carbonyl (C=O) groups excluding carboxylic acids is 2. The summed E-state index contributed by atoms with van der Waals surface area (Å²) in [5.41, 5.74) is 11.3. The number of halogens is 1. The molecule has 1 unspecified atom stereocenters. The van der Waals surface area contributed by atoms with Gasteiger partial charge in [-0.05, 0) is 120 Å². The van der Waals surface area contributed by atoms with Gasteiger partial charge in [0.2, 0.25) is 23.6 Å². The number of amides is 2. The molecule has 5 fully saturated rings. The minimum Gasteiger partial charge on any atom is -0.477 e. The molecule has 1 saturated carbocycles. The minimum atomic E-state index is -0.576. The van der Waals surface area contributed by atoms with Crippen LogP contribution in [0.2, 0.25) is 0 Å². The molecular formula is C51H59FN10O6S. The Kier molecular flexibility index (Phi) is 11.2. The second-order valence-electron chi connectivity index (χ2n) is 21.1. The van der Waals surface area contributed by atoms with Crippen LogP contribution in [0.5, 0.6) is 11.8 Å². The summed E-state index contributed by atoms with van der Waals surface area (Å²) in [7, 11) is 1.82. The van der Waals surface area contributed by atoms with Gasteiger partial charge < -0.3 is 34.3 Å². The van der Waals surface area contributed by atoms with Gasteiger partial charge in [0, 0.05) is 67.2 Å². The maximum Gasteiger partial charge on any atom is 0.235 e. The minimum absolute atomic E-state index is 0.0262. The molecule has 69 heavy (non-hydrogen) atoms. The molecule has 3 aliphatic carbocycles. The summed E-state index contributed by atoms with van der Waals surface area (Å²) in [4.78, 5) is 40.4. The Morgan fingerprint density at radius 3 is 2.46 bits per heavy atom. The van der Waals surface area contributed by atoms with Crippen LogP contribution in [-0.4, -0.2) is 100 Å². The molecule has 1 aromatic carbocycles. The van der Waals surface area contributed by atoms with Crippen LogP contribution in [0.25, 0.3) is 22.4 Å². The Morgan fingerprint density at radius 2 is 1.71 bits per heavy atom. The molecule has 4 aromatic heterocycles. The zero-order chi connectivity index (χ0) is 47.1. The number of nitriles is 1. The van der Waals surface area contributed by atoms with E-state index in [1.165, 1.54) is 22.3 Å². The molecule has 8 heterocycles. The van der Waals surface area contributed by atoms with Crippen LogP contribution in [0.1, 0.15) is 129 Å². The van der Waals surface area contributed by atoms with E-state index in [9.17, 15) is 14.9 Å². The standard InChI is InChI=1S/C51H59FN10O6S/c1-60-36-25-37(35(52)24-33(36)43(58-60)32-6-7-39(63)55-48(32)64)62-20-16-49(17-21-62)14-18-61(19-15-49)28-50(12-13-50)29-66-40-26-41(67-30-8-22-65-23-9-30)57-47(56-40)44-31-4-2-10-51(45(31)68-59-44)11-3-5-38-42(51)34(27-53)46(54)69-38/h24-26,30,32H,2-23,28-29,54H2,1H3,(H,55,63,64)/t32?,51-/m0/s1. The summed E-state index contributed by atoms with van der Waals surface area (Å²) in [6.45, 7) is 6.40. The highest BCUT2D eigenvalue weighted by atomic mass is 32.1. The van der Waals surface area contributed by atoms with Crippen LogP contribution in [0.3, 0.4) is 0 Å². The lowest BCUT2D eigenvalue weighted by molar-refractivity contribution is -0.134. The maximum atomic E-state index is 15.9. The van der Waals surface area contributed by atoms with E-state index in [2.05, 4.69) is 31.4 Å². The Bertz CT molecular complexity index is 2870. The van der Waals surface area contributed by atoms with Crippen molar-refractivity contribution in [2.45, 2.75) is 120 Å². The number of fused-ring (bicyclic) bond motifs is 5. The van der Waals surface area contributed by atoms with Crippen LogP contribution in [-0.2, 0) is 39.6 Å². The molecule has 3 N–H and O–H groups in total. The number of hydrogen-bond donors (Lipinski definition) is 2. The number of aryl methyl sites for hydroxylation is 2. The van der Waals surface area contributed by atoms with Crippen molar-refractivity contribution in [1.82, 2.24) is 35.1 Å². The summed E-state index contributed by atoms with van der Waals surface area (Å²) in [6, 6.07) is 7.64. The van der Waals surface area contributed by atoms with Crippen LogP contribution in [0.4, 0.5) is 15.1 Å². The Labute approximate surface area is 404 Å². The number of piperidine rings is 3. The fraction of sp³-hybridized carbons (Fsp3) is 0.588. The number of nitrogen functional groups attached to an aromatic ring is 1. The van der Waals surface area contributed by atoms with Gasteiger partial charge in [-0.2, -0.15) is 20.3 Å². The second kappa shape index (κ2) is 17.3. The van der Waals surface area contributed by atoms with Gasteiger partial charge in [-0.3, -0.25) is 19.6 Å². The van der Waals surface area contributed by atoms with Gasteiger partial charge in [0.25, 0.3) is 0 Å². The highest BCUT2D eigenvalue weighted by molar-refractivity contribution is 7.16. The molecule has 18 heteroatoms. The Hall–Kier alpha value is -5.64. The number of nitrogens with two attached hydrogens (primary N) is 1. The largest absolute Gasteiger partial charge is 0.477 e. The van der Waals surface area contributed by atoms with E-state index < -0.39 is 11.3 Å². The number of benzene rings is 1. The van der Waals surface area contributed by atoms with E-state index in [1.807, 2.05) is 19.2 Å². The molecule has 5 aromatic rings. The molecule has 12 rings (SSSR count). The van der Waals surface area contributed by atoms with Crippen LogP contribution in [0, 0.1) is 28.0 Å². The molecule has 362 valence electrons. The second-order valence-corrected chi connectivity index (χ2v) is 22.2. The van der Waals surface area contributed by atoms with Gasteiger partial charge in [0.05, 0.1) is 59.7 Å². The molecule has 16 nitrogen and oxygen atoms in total. The third kappa shape index (κ3) is 8.02. The van der Waals surface area contributed by atoms with Gasteiger partial charge in [0.15, 0.2) is 17.3 Å². The summed E-state index contributed by atoms with van der Waals surface area (Å²) >= 11 is 1.54. The van der Waals surface area contributed by atoms with Crippen molar-refractivity contribution in [1.29, 1.82) is 5.26 Å². The highest BCUT2D eigenvalue weighted by Gasteiger charge is 2.50. The third-order valence-electron chi connectivity index (χ3n) is 16.8. The molecule has 2 spiro atoms. The first-order valence-corrected chi connectivity index (χ1v) is 25.9. The first kappa shape index (κ1) is 44.6. The molecule has 0 bridgehead atoms. The molecule has 4 aliphatic heterocycles. The molecule has 2 atom stereocenters. The first-order chi connectivity index (χ1) is 33.5. The number of thiophene rings is 1. The zero-order valence-electron chi connectivity index (χ0n) is 39.2. The number of rotatable bonds is 10. The number of anilines is 2. The van der Waals surface area contributed by atoms with Crippen molar-refractivity contribution >= 4 is 44.7 Å². The van der Waals surface area contributed by atoms with E-state index in [1.54, 1.807) is 4.68 Å². The topological polar surface area (TPSA) is 200 Å². The quantitative estimate of drug-likeness (QED) is 0.133. The van der Waals surface area contributed by atoms with Crippen molar-refractivity contribution in [2.75, 3.05) is 63.2 Å². The monoisotopic (exact) mass is 958 g/mol. The molecule has 4 saturated heterocycles. The summed E-state index contributed by atoms with van der Waals surface area (Å²) in [5.74, 6) is 0.619. The number of hydrogen-bond acceptors (Lipinski definition) is 15. The fourth-order valence-electron chi connectivity index (χ4n) is 12.7. The molecule has 0 radical (unpaired) electrons. The van der Waals surface area contributed by atoms with Gasteiger partial charge in [0.1, 0.15) is 23.0 Å². The van der Waals surface area contributed by atoms with Crippen LogP contribution < -0.4 is 25.4 Å². The molecule has 7 aliphatic rings. The average molecular weight is 959 g/mol. The average Bonchev–Trinajstić information content (AvgIpc) is 3.64. The number of imide groups is 1. The van der Waals surface area contributed by atoms with E-state index in [0.717, 1.165) is 145 Å². The van der Waals surface area contributed by atoms with Gasteiger partial charge in [-0.25, -0.2) is 4.39 Å². The van der Waals surface area contributed by atoms with E-state index >= 15 is 4.39 Å². The maximum absolute atomic E-state index is 15.9. The predicted octanol–water partition coefficient (Wildman–Crippen LogP) is 7.25. The smallest absolute Gasteiger partial charge is 0.235 e. The van der Waals surface area contributed by atoms with Crippen molar-refractivity contribution in [3.8, 4) is 29.3 Å². The van der Waals surface area contributed by atoms with Gasteiger partial charge >= 0.3 is 0 Å². The Balaban J connectivity index is 0.711. The fourth-order valence-corrected chi connectivity index (χ4v) is 13.9. The van der Waals surface area contributed by atoms with Crippen molar-refractivity contribution < 1.29 is 32.7 Å². The summed E-state index contributed by atoms with van der Waals surface area (Å²) < 4.78 is 42.8. The normalized spacial score (nSPS) is 24.5. The van der Waals surface area contributed by atoms with Crippen molar-refractivity contribution in [2.24, 2.45) is 17.9 Å². The number of nitrogens with zero attached hydrogens (tertiary/aromatic N) is 8. The lowest BCUT2D eigenvalue weighted by Crippen LogP contribution is -2.48. The number of carbonyl (C=O) groups is 2. The van der Waals surface area contributed by atoms with Crippen LogP contribution >= 0.6 is 11.3 Å². The van der Waals surface area contributed by atoms with Gasteiger partial charge in [-0.1, -0.05) is 5.16 Å². The van der Waals surface area contributed by atoms with Gasteiger partial charge in [-0.15, -0.1) is 11.3 Å². The SMILES string of the molecule is Cn1nc(C2CCC(=O)NC2=O)c2cc(F)c(N3CCC4(CCN(CC5(COc6cc(OC7CCOCC7)nc(-c7noc8c7CCC[C@@]87CCCc8sc(N)c(C#N)c87)n6)CC5)CC4)CC3)cc21. The van der Waals surface area contributed by atoms with E-state index in [0.29, 0.717) is 76.9 Å². The van der Waals surface area contributed by atoms with Crippen LogP contribution in [0.15, 0.2) is 22.7 Å². The number of likely N-dealkylation sites (tertiary alicyclic amines) is 1. The van der Waals surface area contributed by atoms with E-state index in [-0.39, 0.29) is 41.0 Å². The number of aromatic nitrogens is 5. The highest BCUT2D eigenvalue weighted by Crippen LogP contribution is 2.55. The number of ether oxygens (including phenoxy) is 3. The molecular weight excluding hydrogens is 900 g/mol. The third-order valence-corrected chi connectivity index (χ3v) is 17.9. The molecule has 2 amide bonds. The van der Waals surface area contributed by atoms with Crippen molar-refractivity contribution in [3.05, 3.63) is 57.0 Å². The van der Waals surface area contributed by atoms with E-state index in [4.69, 9.17) is 34.4 Å². The zero-order valence-corrected chi connectivity index (χ0v) is 40.1. The van der Waals surface area contributed by atoms with Crippen molar-refractivity contribution in [3.63, 3.8) is 0 Å². The summed E-state index contributed by atoms with van der Waals surface area (Å²) in [6.07, 6.45) is 13.9. The lowest BCUT2D eigenvalue weighted by Gasteiger charge is -2.48.